The number of nitrogens with one attached hydrogen (secondary N) is 2. The lowest BCUT2D eigenvalue weighted by Gasteiger charge is -2.28. The number of aliphatic hydroxyl groups is 1. The summed E-state index contributed by atoms with van der Waals surface area (Å²) < 4.78 is 0. The van der Waals surface area contributed by atoms with Gasteiger partial charge < -0.3 is 15.7 Å². The lowest BCUT2D eigenvalue weighted by atomic mass is 9.84. The molecule has 6 nitrogen and oxygen atoms in total. The molecule has 0 radical (unpaired) electrons. The van der Waals surface area contributed by atoms with Crippen LogP contribution in [0.3, 0.4) is 0 Å². The Hall–Kier alpha value is -2.21. The molecule has 1 aliphatic carbocycles. The quantitative estimate of drug-likeness (QED) is 0.777. The van der Waals surface area contributed by atoms with Gasteiger partial charge in [0.25, 0.3) is 0 Å². The van der Waals surface area contributed by atoms with Gasteiger partial charge in [0.1, 0.15) is 5.82 Å². The molecule has 1 atom stereocenters. The highest BCUT2D eigenvalue weighted by Gasteiger charge is 2.26. The van der Waals surface area contributed by atoms with Gasteiger partial charge in [0.15, 0.2) is 0 Å². The Morgan fingerprint density at radius 3 is 2.84 bits per heavy atom. The average Bonchev–Trinajstić information content (AvgIpc) is 3.08. The molecule has 0 saturated heterocycles. The molecular weight excluding hydrogens is 314 g/mol. The number of rotatable bonds is 5. The first-order chi connectivity index (χ1) is 12.3. The molecule has 1 aliphatic heterocycles. The van der Waals surface area contributed by atoms with Crippen molar-refractivity contribution in [2.45, 2.75) is 44.1 Å². The molecule has 0 bridgehead atoms. The summed E-state index contributed by atoms with van der Waals surface area (Å²) in [6.07, 6.45) is 9.17. The summed E-state index contributed by atoms with van der Waals surface area (Å²) in [4.78, 5) is 13.6. The summed E-state index contributed by atoms with van der Waals surface area (Å²) in [5.74, 6) is 2.58. The van der Waals surface area contributed by atoms with Crippen molar-refractivity contribution in [3.63, 3.8) is 0 Å². The van der Waals surface area contributed by atoms with E-state index in [1.807, 2.05) is 24.5 Å². The number of aromatic nitrogens is 3. The van der Waals surface area contributed by atoms with Crippen molar-refractivity contribution in [2.75, 3.05) is 23.8 Å². The molecule has 4 rings (SSSR count). The van der Waals surface area contributed by atoms with E-state index >= 15 is 0 Å². The molecule has 0 aromatic carbocycles. The van der Waals surface area contributed by atoms with E-state index < -0.39 is 0 Å². The monoisotopic (exact) mass is 339 g/mol. The van der Waals surface area contributed by atoms with Gasteiger partial charge in [-0.1, -0.05) is 6.07 Å². The second kappa shape index (κ2) is 7.35. The zero-order chi connectivity index (χ0) is 17.1. The molecule has 1 unspecified atom stereocenters. The first-order valence-electron chi connectivity index (χ1n) is 9.22. The average molecular weight is 339 g/mol. The van der Waals surface area contributed by atoms with Crippen LogP contribution in [0.15, 0.2) is 30.6 Å². The lowest BCUT2D eigenvalue weighted by molar-refractivity contribution is 0.225. The molecule has 6 heteroatoms. The summed E-state index contributed by atoms with van der Waals surface area (Å²) in [6.45, 7) is 1.13. The SMILES string of the molecule is OCC[C@H]1CC[C@H](Nc2nccc(C3CNc4ncccc43)n2)CC1. The molecule has 1 saturated carbocycles. The van der Waals surface area contributed by atoms with Crippen LogP contribution < -0.4 is 10.6 Å². The number of hydrogen-bond donors (Lipinski definition) is 3. The molecule has 3 heterocycles. The minimum absolute atomic E-state index is 0.229. The molecule has 3 N–H and O–H groups in total. The van der Waals surface area contributed by atoms with E-state index in [1.54, 1.807) is 0 Å². The van der Waals surface area contributed by atoms with Crippen molar-refractivity contribution in [3.05, 3.63) is 41.9 Å². The number of fused-ring (bicyclic) bond motifs is 1. The maximum Gasteiger partial charge on any atom is 0.223 e. The molecular formula is C19H25N5O. The molecule has 2 aliphatic rings. The summed E-state index contributed by atoms with van der Waals surface area (Å²) in [5, 5.41) is 15.9. The number of aliphatic hydroxyl groups excluding tert-OH is 1. The molecule has 25 heavy (non-hydrogen) atoms. The van der Waals surface area contributed by atoms with Crippen LogP contribution in [0.25, 0.3) is 0 Å². The Balaban J connectivity index is 1.43. The first-order valence-corrected chi connectivity index (χ1v) is 9.22. The molecule has 2 aromatic rings. The van der Waals surface area contributed by atoms with Crippen molar-refractivity contribution >= 4 is 11.8 Å². The number of pyridine rings is 1. The fourth-order valence-corrected chi connectivity index (χ4v) is 4.02. The second-order valence-corrected chi connectivity index (χ2v) is 7.05. The minimum atomic E-state index is 0.229. The Kier molecular flexibility index (Phi) is 4.78. The Morgan fingerprint density at radius 1 is 1.12 bits per heavy atom. The Bertz CT molecular complexity index is 714. The summed E-state index contributed by atoms with van der Waals surface area (Å²) in [7, 11) is 0. The van der Waals surface area contributed by atoms with E-state index in [1.165, 1.54) is 18.4 Å². The van der Waals surface area contributed by atoms with Gasteiger partial charge in [-0.3, -0.25) is 0 Å². The summed E-state index contributed by atoms with van der Waals surface area (Å²) >= 11 is 0. The largest absolute Gasteiger partial charge is 0.396 e. The van der Waals surface area contributed by atoms with Crippen LogP contribution in [-0.2, 0) is 0 Å². The topological polar surface area (TPSA) is 83.0 Å². The maximum atomic E-state index is 9.08. The number of nitrogens with zero attached hydrogens (tertiary/aromatic N) is 3. The van der Waals surface area contributed by atoms with Crippen LogP contribution in [0, 0.1) is 5.92 Å². The third-order valence-corrected chi connectivity index (χ3v) is 5.44. The van der Waals surface area contributed by atoms with Crippen LogP contribution in [0.5, 0.6) is 0 Å². The smallest absolute Gasteiger partial charge is 0.223 e. The third-order valence-electron chi connectivity index (χ3n) is 5.44. The Morgan fingerprint density at radius 2 is 2.00 bits per heavy atom. The van der Waals surface area contributed by atoms with Gasteiger partial charge in [0.05, 0.1) is 5.69 Å². The maximum absolute atomic E-state index is 9.08. The van der Waals surface area contributed by atoms with E-state index in [-0.39, 0.29) is 5.92 Å². The van der Waals surface area contributed by atoms with Crippen LogP contribution in [-0.4, -0.2) is 39.3 Å². The predicted octanol–water partition coefficient (Wildman–Crippen LogP) is 2.78. The van der Waals surface area contributed by atoms with Crippen LogP contribution in [0.1, 0.15) is 49.3 Å². The van der Waals surface area contributed by atoms with Crippen molar-refractivity contribution in [3.8, 4) is 0 Å². The van der Waals surface area contributed by atoms with Gasteiger partial charge in [-0.15, -0.1) is 0 Å². The summed E-state index contributed by atoms with van der Waals surface area (Å²) in [5.41, 5.74) is 2.24. The van der Waals surface area contributed by atoms with Crippen LogP contribution >= 0.6 is 0 Å². The zero-order valence-electron chi connectivity index (χ0n) is 14.4. The van der Waals surface area contributed by atoms with Gasteiger partial charge >= 0.3 is 0 Å². The van der Waals surface area contributed by atoms with Gasteiger partial charge in [0, 0.05) is 43.1 Å². The van der Waals surface area contributed by atoms with Gasteiger partial charge in [-0.2, -0.15) is 0 Å². The van der Waals surface area contributed by atoms with Crippen molar-refractivity contribution in [1.82, 2.24) is 15.0 Å². The highest BCUT2D eigenvalue weighted by molar-refractivity contribution is 5.54. The zero-order valence-corrected chi connectivity index (χ0v) is 14.4. The van der Waals surface area contributed by atoms with E-state index in [9.17, 15) is 0 Å². The van der Waals surface area contributed by atoms with E-state index in [4.69, 9.17) is 10.1 Å². The van der Waals surface area contributed by atoms with Gasteiger partial charge in [0.2, 0.25) is 5.95 Å². The standard InChI is InChI=1S/C19H25N5O/c25-11-8-13-3-5-14(6-4-13)23-19-21-10-7-17(24-19)16-12-22-18-15(16)2-1-9-20-18/h1-2,7,9-10,13-14,16,25H,3-6,8,11-12H2,(H,20,22)(H,21,23,24)/t13-,14-,16?. The van der Waals surface area contributed by atoms with E-state index in [0.29, 0.717) is 18.6 Å². The van der Waals surface area contributed by atoms with Crippen LogP contribution in [0.4, 0.5) is 11.8 Å². The lowest BCUT2D eigenvalue weighted by Crippen LogP contribution is -2.27. The normalized spacial score (nSPS) is 25.2. The summed E-state index contributed by atoms with van der Waals surface area (Å²) in [6, 6.07) is 6.52. The van der Waals surface area contributed by atoms with Crippen molar-refractivity contribution < 1.29 is 5.11 Å². The van der Waals surface area contributed by atoms with E-state index in [0.717, 1.165) is 43.3 Å². The van der Waals surface area contributed by atoms with Gasteiger partial charge in [-0.05, 0) is 50.2 Å². The Labute approximate surface area is 148 Å². The molecule has 132 valence electrons. The fourth-order valence-electron chi connectivity index (χ4n) is 4.02. The molecule has 0 amide bonds. The van der Waals surface area contributed by atoms with Crippen molar-refractivity contribution in [2.24, 2.45) is 5.92 Å². The number of anilines is 2. The first kappa shape index (κ1) is 16.3. The molecule has 0 spiro atoms. The predicted molar refractivity (Wildman–Crippen MR) is 97.7 cm³/mol. The van der Waals surface area contributed by atoms with E-state index in [2.05, 4.69) is 26.7 Å². The van der Waals surface area contributed by atoms with Gasteiger partial charge in [-0.25, -0.2) is 15.0 Å². The van der Waals surface area contributed by atoms with Crippen molar-refractivity contribution in [1.29, 1.82) is 0 Å². The molecule has 1 fully saturated rings. The third kappa shape index (κ3) is 3.58. The van der Waals surface area contributed by atoms with Crippen LogP contribution in [0.2, 0.25) is 0 Å². The molecule has 2 aromatic heterocycles. The highest BCUT2D eigenvalue weighted by Crippen LogP contribution is 2.34. The fraction of sp³-hybridized carbons (Fsp3) is 0.526. The minimum Gasteiger partial charge on any atom is -0.396 e. The second-order valence-electron chi connectivity index (χ2n) is 7.05. The number of hydrogen-bond acceptors (Lipinski definition) is 6. The highest BCUT2D eigenvalue weighted by atomic mass is 16.3.